The Balaban J connectivity index is 1.69. The van der Waals surface area contributed by atoms with Gasteiger partial charge in [-0.05, 0) is 50.2 Å². The molecule has 0 amide bonds. The highest BCUT2D eigenvalue weighted by atomic mass is 32.2. The van der Waals surface area contributed by atoms with Crippen molar-refractivity contribution in [3.05, 3.63) is 71.4 Å². The second-order valence-corrected chi connectivity index (χ2v) is 7.89. The molecule has 2 aromatic carbocycles. The summed E-state index contributed by atoms with van der Waals surface area (Å²) >= 11 is 0. The number of benzene rings is 2. The van der Waals surface area contributed by atoms with Crippen molar-refractivity contribution in [2.75, 3.05) is 4.72 Å². The number of ether oxygens (including phenoxy) is 1. The number of nitrogens with one attached hydrogen (secondary N) is 1. The lowest BCUT2D eigenvalue weighted by Gasteiger charge is -2.11. The molecule has 3 aromatic rings. The maximum atomic E-state index is 12.5. The normalized spacial score (nSPS) is 12.4. The topological polar surface area (TPSA) is 111 Å². The molecule has 3 rings (SSSR count). The van der Waals surface area contributed by atoms with Gasteiger partial charge in [0.05, 0.1) is 10.5 Å². The fraction of sp³-hybridized carbons (Fsp3) is 0.211. The minimum Gasteiger partial charge on any atom is -0.449 e. The molecule has 1 N–H and O–H groups in total. The summed E-state index contributed by atoms with van der Waals surface area (Å²) in [6, 6.07) is 12.4. The van der Waals surface area contributed by atoms with Gasteiger partial charge in [0.1, 0.15) is 0 Å². The molecule has 9 heteroatoms. The maximum absolute atomic E-state index is 12.5. The average Bonchev–Trinajstić information content (AvgIpc) is 3.10. The van der Waals surface area contributed by atoms with Crippen molar-refractivity contribution in [2.24, 2.45) is 0 Å². The Kier molecular flexibility index (Phi) is 5.46. The zero-order valence-electron chi connectivity index (χ0n) is 15.5. The van der Waals surface area contributed by atoms with Crippen LogP contribution in [0.2, 0.25) is 0 Å². The Bertz CT molecular complexity index is 1070. The zero-order chi connectivity index (χ0) is 20.3. The Morgan fingerprint density at radius 2 is 1.68 bits per heavy atom. The van der Waals surface area contributed by atoms with Gasteiger partial charge in [-0.2, -0.15) is 0 Å². The highest BCUT2D eigenvalue weighted by molar-refractivity contribution is 7.92. The van der Waals surface area contributed by atoms with Crippen molar-refractivity contribution in [3.63, 3.8) is 0 Å². The summed E-state index contributed by atoms with van der Waals surface area (Å²) in [6.45, 7) is 5.15. The van der Waals surface area contributed by atoms with E-state index in [4.69, 9.17) is 9.15 Å². The van der Waals surface area contributed by atoms with Crippen LogP contribution in [-0.2, 0) is 14.8 Å². The summed E-state index contributed by atoms with van der Waals surface area (Å²) in [7, 11) is -3.77. The summed E-state index contributed by atoms with van der Waals surface area (Å²) < 4.78 is 37.9. The van der Waals surface area contributed by atoms with Crippen molar-refractivity contribution in [1.82, 2.24) is 10.2 Å². The number of esters is 1. The summed E-state index contributed by atoms with van der Waals surface area (Å²) in [5, 5.41) is 7.49. The monoisotopic (exact) mass is 401 g/mol. The third-order valence-corrected chi connectivity index (χ3v) is 5.27. The maximum Gasteiger partial charge on any atom is 0.338 e. The molecule has 0 aliphatic heterocycles. The Morgan fingerprint density at radius 3 is 2.25 bits per heavy atom. The molecule has 0 radical (unpaired) electrons. The van der Waals surface area contributed by atoms with Crippen LogP contribution in [0.25, 0.3) is 0 Å². The molecule has 0 aliphatic carbocycles. The number of carbonyl (C=O) groups excluding carboxylic acids is 1. The van der Waals surface area contributed by atoms with Gasteiger partial charge in [-0.25, -0.2) is 13.2 Å². The molecular weight excluding hydrogens is 382 g/mol. The van der Waals surface area contributed by atoms with Crippen LogP contribution in [0.5, 0.6) is 0 Å². The second kappa shape index (κ2) is 7.81. The number of nitrogens with zero attached hydrogens (tertiary/aromatic N) is 2. The van der Waals surface area contributed by atoms with Crippen molar-refractivity contribution in [3.8, 4) is 0 Å². The first-order valence-electron chi connectivity index (χ1n) is 8.45. The van der Waals surface area contributed by atoms with Crippen molar-refractivity contribution >= 4 is 21.7 Å². The van der Waals surface area contributed by atoms with Gasteiger partial charge < -0.3 is 9.15 Å². The van der Waals surface area contributed by atoms with Crippen LogP contribution in [0.1, 0.15) is 40.7 Å². The van der Waals surface area contributed by atoms with Gasteiger partial charge in [0.15, 0.2) is 6.10 Å². The van der Waals surface area contributed by atoms with Gasteiger partial charge in [-0.15, -0.1) is 10.2 Å². The quantitative estimate of drug-likeness (QED) is 0.630. The van der Waals surface area contributed by atoms with Gasteiger partial charge in [0.2, 0.25) is 5.89 Å². The minimum absolute atomic E-state index is 0.0326. The molecule has 1 aromatic heterocycles. The van der Waals surface area contributed by atoms with E-state index < -0.39 is 22.1 Å². The highest BCUT2D eigenvalue weighted by Crippen LogP contribution is 2.20. The van der Waals surface area contributed by atoms with Crippen LogP contribution < -0.4 is 4.72 Å². The summed E-state index contributed by atoms with van der Waals surface area (Å²) in [4.78, 5) is 12.3. The van der Waals surface area contributed by atoms with Crippen LogP contribution in [0.3, 0.4) is 0 Å². The molecule has 0 bridgehead atoms. The third kappa shape index (κ3) is 4.55. The highest BCUT2D eigenvalue weighted by Gasteiger charge is 2.20. The van der Waals surface area contributed by atoms with E-state index in [1.807, 2.05) is 19.1 Å². The number of aromatic nitrogens is 2. The molecule has 28 heavy (non-hydrogen) atoms. The van der Waals surface area contributed by atoms with Crippen molar-refractivity contribution < 1.29 is 22.4 Å². The molecular formula is C19H19N3O5S. The van der Waals surface area contributed by atoms with E-state index in [0.29, 0.717) is 11.6 Å². The number of rotatable bonds is 6. The number of aryl methyl sites for hydroxylation is 2. The van der Waals surface area contributed by atoms with Gasteiger partial charge in [0.25, 0.3) is 15.9 Å². The summed E-state index contributed by atoms with van der Waals surface area (Å²) in [5.41, 5.74) is 1.69. The van der Waals surface area contributed by atoms with Crippen LogP contribution in [0.15, 0.2) is 57.8 Å². The van der Waals surface area contributed by atoms with Gasteiger partial charge in [-0.1, -0.05) is 17.7 Å². The SMILES string of the molecule is Cc1ccc(NS(=O)(=O)c2ccc(C(=O)OC(C)c3nnc(C)o3)cc2)cc1. The van der Waals surface area contributed by atoms with Crippen LogP contribution in [0, 0.1) is 13.8 Å². The predicted molar refractivity (Wildman–Crippen MR) is 101 cm³/mol. The minimum atomic E-state index is -3.77. The lowest BCUT2D eigenvalue weighted by molar-refractivity contribution is 0.0276. The number of anilines is 1. The Morgan fingerprint density at radius 1 is 1.04 bits per heavy atom. The van der Waals surface area contributed by atoms with E-state index in [-0.39, 0.29) is 16.3 Å². The number of sulfonamides is 1. The first-order valence-corrected chi connectivity index (χ1v) is 9.93. The van der Waals surface area contributed by atoms with E-state index in [2.05, 4.69) is 14.9 Å². The summed E-state index contributed by atoms with van der Waals surface area (Å²) in [6.07, 6.45) is -0.722. The molecule has 1 heterocycles. The lowest BCUT2D eigenvalue weighted by atomic mass is 10.2. The second-order valence-electron chi connectivity index (χ2n) is 6.20. The molecule has 1 atom stereocenters. The predicted octanol–water partition coefficient (Wildman–Crippen LogP) is 3.41. The molecule has 0 saturated carbocycles. The first kappa shape index (κ1) is 19.6. The molecule has 8 nitrogen and oxygen atoms in total. The van der Waals surface area contributed by atoms with E-state index >= 15 is 0 Å². The largest absolute Gasteiger partial charge is 0.449 e. The number of hydrogen-bond acceptors (Lipinski definition) is 7. The van der Waals surface area contributed by atoms with Crippen molar-refractivity contribution in [2.45, 2.75) is 31.8 Å². The third-order valence-electron chi connectivity index (χ3n) is 3.88. The Labute approximate surface area is 162 Å². The van der Waals surface area contributed by atoms with Gasteiger partial charge >= 0.3 is 5.97 Å². The van der Waals surface area contributed by atoms with Crippen molar-refractivity contribution in [1.29, 1.82) is 0 Å². The molecule has 146 valence electrons. The van der Waals surface area contributed by atoms with Gasteiger partial charge in [-0.3, -0.25) is 4.72 Å². The zero-order valence-corrected chi connectivity index (χ0v) is 16.4. The van der Waals surface area contributed by atoms with E-state index in [9.17, 15) is 13.2 Å². The number of hydrogen-bond donors (Lipinski definition) is 1. The van der Waals surface area contributed by atoms with Crippen LogP contribution >= 0.6 is 0 Å². The molecule has 0 saturated heterocycles. The fourth-order valence-electron chi connectivity index (χ4n) is 2.36. The number of carbonyl (C=O) groups is 1. The molecule has 0 fully saturated rings. The van der Waals surface area contributed by atoms with E-state index in [1.165, 1.54) is 24.3 Å². The van der Waals surface area contributed by atoms with Gasteiger partial charge in [0, 0.05) is 12.6 Å². The van der Waals surface area contributed by atoms with E-state index in [0.717, 1.165) is 5.56 Å². The lowest BCUT2D eigenvalue weighted by Crippen LogP contribution is -2.14. The molecule has 0 aliphatic rings. The van der Waals surface area contributed by atoms with Crippen LogP contribution in [-0.4, -0.2) is 24.6 Å². The van der Waals surface area contributed by atoms with Crippen LogP contribution in [0.4, 0.5) is 5.69 Å². The Hall–Kier alpha value is -3.20. The smallest absolute Gasteiger partial charge is 0.338 e. The fourth-order valence-corrected chi connectivity index (χ4v) is 3.42. The molecule has 0 spiro atoms. The first-order chi connectivity index (χ1) is 13.2. The van der Waals surface area contributed by atoms with E-state index in [1.54, 1.807) is 26.0 Å². The summed E-state index contributed by atoms with van der Waals surface area (Å²) in [5.74, 6) is -0.0697. The standard InChI is InChI=1S/C19H19N3O5S/c1-12-4-8-16(9-5-12)22-28(24,25)17-10-6-15(7-11-17)19(23)26-13(2)18-21-20-14(3)27-18/h4-11,13,22H,1-3H3. The molecule has 1 unspecified atom stereocenters. The average molecular weight is 401 g/mol.